The van der Waals surface area contributed by atoms with Gasteiger partial charge in [0.15, 0.2) is 0 Å². The van der Waals surface area contributed by atoms with Crippen LogP contribution < -0.4 is 11.1 Å². The first-order valence-electron chi connectivity index (χ1n) is 6.39. The first kappa shape index (κ1) is 13.4. The van der Waals surface area contributed by atoms with Crippen LogP contribution in [0.1, 0.15) is 11.4 Å². The summed E-state index contributed by atoms with van der Waals surface area (Å²) in [6.07, 6.45) is 3.57. The predicted octanol–water partition coefficient (Wildman–Crippen LogP) is 2.71. The van der Waals surface area contributed by atoms with Gasteiger partial charge >= 0.3 is 0 Å². The maximum absolute atomic E-state index is 5.64. The smallest absolute Gasteiger partial charge is 0.228 e. The minimum atomic E-state index is 0.253. The van der Waals surface area contributed by atoms with Crippen molar-refractivity contribution in [1.29, 1.82) is 0 Å². The molecule has 2 heterocycles. The van der Waals surface area contributed by atoms with Crippen molar-refractivity contribution in [2.75, 3.05) is 5.32 Å². The molecular weight excluding hydrogens is 282 g/mol. The van der Waals surface area contributed by atoms with Crippen LogP contribution in [-0.4, -0.2) is 19.9 Å². The summed E-state index contributed by atoms with van der Waals surface area (Å²) < 4.78 is 0. The van der Waals surface area contributed by atoms with Gasteiger partial charge in [-0.2, -0.15) is 0 Å². The van der Waals surface area contributed by atoms with E-state index in [0.29, 0.717) is 11.6 Å². The number of nitrogens with one attached hydrogen (secondary N) is 1. The molecule has 0 radical (unpaired) electrons. The van der Waals surface area contributed by atoms with Gasteiger partial charge < -0.3 is 11.1 Å². The van der Waals surface area contributed by atoms with Gasteiger partial charge in [0.1, 0.15) is 10.7 Å². The number of hydrogen-bond donors (Lipinski definition) is 2. The molecule has 0 amide bonds. The lowest BCUT2D eigenvalue weighted by molar-refractivity contribution is 1.09. The average Bonchev–Trinajstić information content (AvgIpc) is 2.47. The summed E-state index contributed by atoms with van der Waals surface area (Å²) in [5, 5.41) is 5.30. The highest BCUT2D eigenvalue weighted by atomic mass is 32.1. The van der Waals surface area contributed by atoms with E-state index in [0.717, 1.165) is 22.2 Å². The van der Waals surface area contributed by atoms with Crippen LogP contribution in [0.25, 0.3) is 10.8 Å². The van der Waals surface area contributed by atoms with Gasteiger partial charge in [0.2, 0.25) is 5.95 Å². The molecule has 0 aliphatic carbocycles. The van der Waals surface area contributed by atoms with Gasteiger partial charge in [-0.3, -0.25) is 4.98 Å². The van der Waals surface area contributed by atoms with E-state index in [1.807, 2.05) is 37.4 Å². The van der Waals surface area contributed by atoms with Crippen LogP contribution in [0.15, 0.2) is 42.7 Å². The van der Waals surface area contributed by atoms with Gasteiger partial charge in [0, 0.05) is 23.5 Å². The zero-order valence-electron chi connectivity index (χ0n) is 11.4. The molecule has 0 aliphatic rings. The molecule has 0 atom stereocenters. The Balaban J connectivity index is 2.05. The molecule has 3 N–H and O–H groups in total. The normalized spacial score (nSPS) is 10.5. The number of thiocarbonyl (C=S) groups is 1. The zero-order chi connectivity index (χ0) is 14.8. The SMILES string of the molecule is Cc1cc(C(N)=S)nc(Nc2cccc3ccncc23)n1. The number of aromatic nitrogens is 3. The van der Waals surface area contributed by atoms with Crippen LogP contribution in [-0.2, 0) is 0 Å². The van der Waals surface area contributed by atoms with Gasteiger partial charge in [-0.05, 0) is 30.5 Å². The summed E-state index contributed by atoms with van der Waals surface area (Å²) in [5.41, 5.74) is 7.88. The highest BCUT2D eigenvalue weighted by molar-refractivity contribution is 7.80. The number of pyridine rings is 1. The lowest BCUT2D eigenvalue weighted by Crippen LogP contribution is -2.13. The summed E-state index contributed by atoms with van der Waals surface area (Å²) in [7, 11) is 0. The van der Waals surface area contributed by atoms with Crippen LogP contribution >= 0.6 is 12.2 Å². The molecule has 0 spiro atoms. The molecule has 104 valence electrons. The summed E-state index contributed by atoms with van der Waals surface area (Å²) >= 11 is 4.97. The standard InChI is InChI=1S/C15H13N5S/c1-9-7-13(14(16)21)20-15(18-9)19-12-4-2-3-10-5-6-17-8-11(10)12/h2-8H,1H3,(H2,16,21)(H,18,19,20). The zero-order valence-corrected chi connectivity index (χ0v) is 12.2. The second kappa shape index (κ2) is 5.41. The molecule has 5 nitrogen and oxygen atoms in total. The van der Waals surface area contributed by atoms with E-state index in [1.54, 1.807) is 12.3 Å². The molecule has 3 rings (SSSR count). The number of fused-ring (bicyclic) bond motifs is 1. The fourth-order valence-corrected chi connectivity index (χ4v) is 2.20. The van der Waals surface area contributed by atoms with E-state index in [-0.39, 0.29) is 4.99 Å². The second-order valence-electron chi connectivity index (χ2n) is 4.61. The number of nitrogens with zero attached hydrogens (tertiary/aromatic N) is 3. The largest absolute Gasteiger partial charge is 0.388 e. The maximum Gasteiger partial charge on any atom is 0.228 e. The molecule has 6 heteroatoms. The van der Waals surface area contributed by atoms with Gasteiger partial charge in [-0.1, -0.05) is 24.4 Å². The average molecular weight is 295 g/mol. The highest BCUT2D eigenvalue weighted by Gasteiger charge is 2.07. The molecule has 0 bridgehead atoms. The number of aryl methyl sites for hydroxylation is 1. The quantitative estimate of drug-likeness (QED) is 0.724. The Hall–Kier alpha value is -2.60. The highest BCUT2D eigenvalue weighted by Crippen LogP contribution is 2.24. The molecule has 1 aromatic carbocycles. The Labute approximate surface area is 127 Å². The van der Waals surface area contributed by atoms with Crippen molar-refractivity contribution >= 4 is 39.6 Å². The molecule has 0 unspecified atom stereocenters. The van der Waals surface area contributed by atoms with Crippen LogP contribution in [0.3, 0.4) is 0 Å². The Morgan fingerprint density at radius 3 is 2.90 bits per heavy atom. The molecule has 21 heavy (non-hydrogen) atoms. The van der Waals surface area contributed by atoms with Gasteiger partial charge in [0.25, 0.3) is 0 Å². The number of rotatable bonds is 3. The lowest BCUT2D eigenvalue weighted by atomic mass is 10.1. The van der Waals surface area contributed by atoms with E-state index < -0.39 is 0 Å². The third-order valence-electron chi connectivity index (χ3n) is 3.04. The maximum atomic E-state index is 5.64. The first-order chi connectivity index (χ1) is 10.1. The molecule has 2 aromatic heterocycles. The van der Waals surface area contributed by atoms with E-state index in [4.69, 9.17) is 18.0 Å². The second-order valence-corrected chi connectivity index (χ2v) is 5.05. The summed E-state index contributed by atoms with van der Waals surface area (Å²) in [6, 6.07) is 9.67. The Morgan fingerprint density at radius 2 is 2.10 bits per heavy atom. The third-order valence-corrected chi connectivity index (χ3v) is 3.25. The van der Waals surface area contributed by atoms with E-state index in [1.165, 1.54) is 0 Å². The topological polar surface area (TPSA) is 76.7 Å². The molecule has 0 aliphatic heterocycles. The van der Waals surface area contributed by atoms with Crippen LogP contribution in [0.4, 0.5) is 11.6 Å². The van der Waals surface area contributed by atoms with Crippen molar-refractivity contribution < 1.29 is 0 Å². The number of benzene rings is 1. The monoisotopic (exact) mass is 295 g/mol. The summed E-state index contributed by atoms with van der Waals surface area (Å²) in [4.78, 5) is 13.1. The van der Waals surface area contributed by atoms with Crippen molar-refractivity contribution in [3.63, 3.8) is 0 Å². The fraction of sp³-hybridized carbons (Fsp3) is 0.0667. The molecule has 0 saturated heterocycles. The molecule has 3 aromatic rings. The van der Waals surface area contributed by atoms with Crippen molar-refractivity contribution in [1.82, 2.24) is 15.0 Å². The van der Waals surface area contributed by atoms with Crippen LogP contribution in [0, 0.1) is 6.92 Å². The van der Waals surface area contributed by atoms with Gasteiger partial charge in [-0.25, -0.2) is 9.97 Å². The first-order valence-corrected chi connectivity index (χ1v) is 6.79. The molecule has 0 fully saturated rings. The van der Waals surface area contributed by atoms with Crippen LogP contribution in [0.5, 0.6) is 0 Å². The summed E-state index contributed by atoms with van der Waals surface area (Å²) in [6.45, 7) is 1.87. The minimum absolute atomic E-state index is 0.253. The van der Waals surface area contributed by atoms with E-state index >= 15 is 0 Å². The third kappa shape index (κ3) is 2.80. The number of anilines is 2. The Kier molecular flexibility index (Phi) is 3.45. The van der Waals surface area contributed by atoms with Crippen molar-refractivity contribution in [3.8, 4) is 0 Å². The Morgan fingerprint density at radius 1 is 1.24 bits per heavy atom. The van der Waals surface area contributed by atoms with E-state index in [9.17, 15) is 0 Å². The number of nitrogens with two attached hydrogens (primary N) is 1. The predicted molar refractivity (Wildman–Crippen MR) is 87.7 cm³/mol. The van der Waals surface area contributed by atoms with Crippen molar-refractivity contribution in [2.45, 2.75) is 6.92 Å². The van der Waals surface area contributed by atoms with Crippen molar-refractivity contribution in [2.24, 2.45) is 5.73 Å². The van der Waals surface area contributed by atoms with Gasteiger partial charge in [0.05, 0.1) is 5.69 Å². The lowest BCUT2D eigenvalue weighted by Gasteiger charge is -2.09. The number of hydrogen-bond acceptors (Lipinski definition) is 5. The fourth-order valence-electron chi connectivity index (χ4n) is 2.09. The molecular formula is C15H13N5S. The van der Waals surface area contributed by atoms with Crippen LogP contribution in [0.2, 0.25) is 0 Å². The Bertz CT molecular complexity index is 826. The van der Waals surface area contributed by atoms with E-state index in [2.05, 4.69) is 20.3 Å². The van der Waals surface area contributed by atoms with Gasteiger partial charge in [-0.15, -0.1) is 0 Å². The van der Waals surface area contributed by atoms with Crippen molar-refractivity contribution in [3.05, 3.63) is 54.1 Å². The minimum Gasteiger partial charge on any atom is -0.388 e. The summed E-state index contributed by atoms with van der Waals surface area (Å²) in [5.74, 6) is 0.467. The molecule has 0 saturated carbocycles.